The SMILES string of the molecule is NS(=O)(=O)c1nnc(Cc2cccc(Br)c2)n1C1CC1. The van der Waals surface area contributed by atoms with Gasteiger partial charge in [-0.25, -0.2) is 13.6 Å². The molecule has 20 heavy (non-hydrogen) atoms. The molecule has 0 saturated heterocycles. The number of primary sulfonamides is 1. The van der Waals surface area contributed by atoms with Gasteiger partial charge in [0.1, 0.15) is 5.82 Å². The third-order valence-corrected chi connectivity index (χ3v) is 4.43. The minimum atomic E-state index is -3.84. The zero-order valence-electron chi connectivity index (χ0n) is 10.5. The van der Waals surface area contributed by atoms with E-state index in [1.165, 1.54) is 0 Å². The van der Waals surface area contributed by atoms with Gasteiger partial charge < -0.3 is 0 Å². The van der Waals surface area contributed by atoms with Gasteiger partial charge in [0, 0.05) is 16.9 Å². The smallest absolute Gasteiger partial charge is 0.273 e. The van der Waals surface area contributed by atoms with Crippen LogP contribution in [0.3, 0.4) is 0 Å². The summed E-state index contributed by atoms with van der Waals surface area (Å²) in [5, 5.41) is 12.8. The van der Waals surface area contributed by atoms with Crippen molar-refractivity contribution in [3.63, 3.8) is 0 Å². The molecule has 2 aromatic rings. The van der Waals surface area contributed by atoms with Crippen molar-refractivity contribution in [1.82, 2.24) is 14.8 Å². The minimum Gasteiger partial charge on any atom is -0.297 e. The highest BCUT2D eigenvalue weighted by Gasteiger charge is 2.32. The molecule has 0 bridgehead atoms. The zero-order valence-corrected chi connectivity index (χ0v) is 12.9. The van der Waals surface area contributed by atoms with E-state index in [4.69, 9.17) is 5.14 Å². The molecular weight excluding hydrogens is 344 g/mol. The highest BCUT2D eigenvalue weighted by Crippen LogP contribution is 2.37. The van der Waals surface area contributed by atoms with Gasteiger partial charge in [-0.3, -0.25) is 4.57 Å². The third-order valence-electron chi connectivity index (χ3n) is 3.15. The van der Waals surface area contributed by atoms with Gasteiger partial charge in [0.25, 0.3) is 15.2 Å². The summed E-state index contributed by atoms with van der Waals surface area (Å²) >= 11 is 3.41. The molecule has 0 unspecified atom stereocenters. The van der Waals surface area contributed by atoms with Gasteiger partial charge in [0.05, 0.1) is 0 Å². The Kier molecular flexibility index (Phi) is 3.39. The molecule has 1 aromatic heterocycles. The molecule has 1 saturated carbocycles. The molecule has 1 aliphatic rings. The number of hydrogen-bond donors (Lipinski definition) is 1. The molecule has 1 heterocycles. The van der Waals surface area contributed by atoms with E-state index in [2.05, 4.69) is 26.1 Å². The summed E-state index contributed by atoms with van der Waals surface area (Å²) in [6.45, 7) is 0. The fourth-order valence-corrected chi connectivity index (χ4v) is 3.28. The second-order valence-corrected chi connectivity index (χ2v) is 7.22. The van der Waals surface area contributed by atoms with Gasteiger partial charge in [0.15, 0.2) is 0 Å². The van der Waals surface area contributed by atoms with Crippen molar-refractivity contribution in [1.29, 1.82) is 0 Å². The molecule has 0 spiro atoms. The van der Waals surface area contributed by atoms with Crippen LogP contribution in [0.4, 0.5) is 0 Å². The predicted molar refractivity (Wildman–Crippen MR) is 76.6 cm³/mol. The summed E-state index contributed by atoms with van der Waals surface area (Å²) < 4.78 is 25.7. The Morgan fingerprint density at radius 3 is 2.70 bits per heavy atom. The van der Waals surface area contributed by atoms with Crippen LogP contribution in [-0.4, -0.2) is 23.2 Å². The molecule has 8 heteroatoms. The van der Waals surface area contributed by atoms with Crippen LogP contribution in [-0.2, 0) is 16.4 Å². The first kappa shape index (κ1) is 13.7. The summed E-state index contributed by atoms with van der Waals surface area (Å²) in [6, 6.07) is 7.96. The summed E-state index contributed by atoms with van der Waals surface area (Å²) in [5.41, 5.74) is 1.04. The van der Waals surface area contributed by atoms with Crippen molar-refractivity contribution < 1.29 is 8.42 Å². The molecule has 0 aliphatic heterocycles. The molecule has 0 atom stereocenters. The average Bonchev–Trinajstić information content (AvgIpc) is 3.09. The number of sulfonamides is 1. The number of halogens is 1. The quantitative estimate of drug-likeness (QED) is 0.900. The summed E-state index contributed by atoms with van der Waals surface area (Å²) in [7, 11) is -3.84. The molecule has 106 valence electrons. The number of benzene rings is 1. The standard InChI is InChI=1S/C12H13BrN4O2S/c13-9-3-1-2-8(6-9)7-11-15-16-12(20(14,18)19)17(11)10-4-5-10/h1-3,6,10H,4-5,7H2,(H2,14,18,19). The van der Waals surface area contributed by atoms with Crippen molar-refractivity contribution >= 4 is 26.0 Å². The molecule has 2 N–H and O–H groups in total. The van der Waals surface area contributed by atoms with Crippen molar-refractivity contribution in [2.24, 2.45) is 5.14 Å². The van der Waals surface area contributed by atoms with Crippen molar-refractivity contribution in [2.45, 2.75) is 30.5 Å². The van der Waals surface area contributed by atoms with Crippen LogP contribution in [0.5, 0.6) is 0 Å². The van der Waals surface area contributed by atoms with Gasteiger partial charge in [-0.1, -0.05) is 28.1 Å². The molecule has 1 fully saturated rings. The van der Waals surface area contributed by atoms with E-state index in [-0.39, 0.29) is 11.2 Å². The van der Waals surface area contributed by atoms with Crippen LogP contribution in [0.15, 0.2) is 33.9 Å². The second-order valence-electron chi connectivity index (χ2n) is 4.85. The largest absolute Gasteiger partial charge is 0.297 e. The first-order chi connectivity index (χ1) is 9.45. The van der Waals surface area contributed by atoms with Crippen molar-refractivity contribution in [3.8, 4) is 0 Å². The number of rotatable bonds is 4. The molecule has 0 amide bonds. The Morgan fingerprint density at radius 2 is 2.10 bits per heavy atom. The lowest BCUT2D eigenvalue weighted by molar-refractivity contribution is 0.560. The van der Waals surface area contributed by atoms with E-state index in [1.54, 1.807) is 4.57 Å². The Morgan fingerprint density at radius 1 is 1.35 bits per heavy atom. The van der Waals surface area contributed by atoms with Gasteiger partial charge in [-0.15, -0.1) is 10.2 Å². The number of nitrogens with zero attached hydrogens (tertiary/aromatic N) is 3. The van der Waals surface area contributed by atoms with Gasteiger partial charge in [-0.05, 0) is 30.5 Å². The normalized spacial score (nSPS) is 15.5. The Balaban J connectivity index is 2.00. The maximum atomic E-state index is 11.6. The molecule has 1 aliphatic carbocycles. The first-order valence-corrected chi connectivity index (χ1v) is 8.50. The van der Waals surface area contributed by atoms with Crippen molar-refractivity contribution in [2.75, 3.05) is 0 Å². The van der Waals surface area contributed by atoms with E-state index in [9.17, 15) is 8.42 Å². The lowest BCUT2D eigenvalue weighted by Gasteiger charge is -2.07. The van der Waals surface area contributed by atoms with E-state index >= 15 is 0 Å². The predicted octanol–water partition coefficient (Wildman–Crippen LogP) is 1.61. The molecule has 6 nitrogen and oxygen atoms in total. The monoisotopic (exact) mass is 356 g/mol. The molecular formula is C12H13BrN4O2S. The van der Waals surface area contributed by atoms with Gasteiger partial charge in [-0.2, -0.15) is 0 Å². The van der Waals surface area contributed by atoms with Gasteiger partial charge >= 0.3 is 0 Å². The Bertz CT molecular complexity index is 753. The van der Waals surface area contributed by atoms with E-state index in [0.717, 1.165) is 22.9 Å². The number of hydrogen-bond acceptors (Lipinski definition) is 4. The highest BCUT2D eigenvalue weighted by molar-refractivity contribution is 9.10. The fraction of sp³-hybridized carbons (Fsp3) is 0.333. The summed E-state index contributed by atoms with van der Waals surface area (Å²) in [5.74, 6) is 0.634. The zero-order chi connectivity index (χ0) is 14.3. The van der Waals surface area contributed by atoms with Crippen LogP contribution in [0.2, 0.25) is 0 Å². The lowest BCUT2D eigenvalue weighted by Crippen LogP contribution is -2.19. The number of aromatic nitrogens is 3. The van der Waals surface area contributed by atoms with E-state index < -0.39 is 10.0 Å². The fourth-order valence-electron chi connectivity index (χ4n) is 2.15. The second kappa shape index (κ2) is 4.94. The van der Waals surface area contributed by atoms with E-state index in [1.807, 2.05) is 24.3 Å². The van der Waals surface area contributed by atoms with Crippen LogP contribution >= 0.6 is 15.9 Å². The maximum absolute atomic E-state index is 11.6. The van der Waals surface area contributed by atoms with E-state index in [0.29, 0.717) is 12.2 Å². The van der Waals surface area contributed by atoms with Crippen LogP contribution in [0.25, 0.3) is 0 Å². The van der Waals surface area contributed by atoms with Gasteiger partial charge in [0.2, 0.25) is 0 Å². The van der Waals surface area contributed by atoms with Crippen LogP contribution in [0, 0.1) is 0 Å². The van der Waals surface area contributed by atoms with Crippen molar-refractivity contribution in [3.05, 3.63) is 40.1 Å². The molecule has 1 aromatic carbocycles. The Labute approximate surface area is 125 Å². The maximum Gasteiger partial charge on any atom is 0.273 e. The average molecular weight is 357 g/mol. The molecule has 3 rings (SSSR count). The highest BCUT2D eigenvalue weighted by atomic mass is 79.9. The van der Waals surface area contributed by atoms with Crippen LogP contribution < -0.4 is 5.14 Å². The third kappa shape index (κ3) is 2.77. The Hall–Kier alpha value is -1.25. The van der Waals surface area contributed by atoms with Crippen LogP contribution in [0.1, 0.15) is 30.3 Å². The lowest BCUT2D eigenvalue weighted by atomic mass is 10.1. The number of nitrogens with two attached hydrogens (primary N) is 1. The first-order valence-electron chi connectivity index (χ1n) is 6.16. The minimum absolute atomic E-state index is 0.134. The summed E-state index contributed by atoms with van der Waals surface area (Å²) in [6.07, 6.45) is 2.40. The topological polar surface area (TPSA) is 90.9 Å². The summed E-state index contributed by atoms with van der Waals surface area (Å²) in [4.78, 5) is 0. The molecule has 0 radical (unpaired) electrons.